The molecule has 2 atom stereocenters. The summed E-state index contributed by atoms with van der Waals surface area (Å²) < 4.78 is 11.4. The molecule has 3 heterocycles. The van der Waals surface area contributed by atoms with Gasteiger partial charge in [-0.1, -0.05) is 32.0 Å². The highest BCUT2D eigenvalue weighted by Gasteiger charge is 2.40. The van der Waals surface area contributed by atoms with Crippen LogP contribution in [0.3, 0.4) is 0 Å². The molecule has 0 aliphatic carbocycles. The van der Waals surface area contributed by atoms with Crippen LogP contribution in [0.25, 0.3) is 22.5 Å². The van der Waals surface area contributed by atoms with Gasteiger partial charge in [0.1, 0.15) is 11.0 Å². The molecule has 0 bridgehead atoms. The molecule has 2 aromatic heterocycles. The van der Waals surface area contributed by atoms with Gasteiger partial charge in [0.15, 0.2) is 5.82 Å². The largest absolute Gasteiger partial charge is 0.377 e. The second-order valence-corrected chi connectivity index (χ2v) is 7.01. The van der Waals surface area contributed by atoms with E-state index < -0.39 is 0 Å². The number of aromatic nitrogens is 5. The van der Waals surface area contributed by atoms with Crippen LogP contribution in [-0.4, -0.2) is 38.3 Å². The van der Waals surface area contributed by atoms with Gasteiger partial charge in [0.2, 0.25) is 0 Å². The molecule has 1 fully saturated rings. The number of H-pyrrole nitrogens is 1. The van der Waals surface area contributed by atoms with Gasteiger partial charge >= 0.3 is 0 Å². The third-order valence-corrected chi connectivity index (χ3v) is 4.30. The molecule has 1 aliphatic rings. The fourth-order valence-electron chi connectivity index (χ4n) is 3.24. The Morgan fingerprint density at radius 2 is 2.09 bits per heavy atom. The number of fused-ring (bicyclic) bond motifs is 1. The van der Waals surface area contributed by atoms with E-state index in [1.165, 1.54) is 0 Å². The zero-order chi connectivity index (χ0) is 16.0. The number of ether oxygens (including phenoxy) is 1. The average molecular weight is 313 g/mol. The first-order valence-corrected chi connectivity index (χ1v) is 7.79. The van der Waals surface area contributed by atoms with Gasteiger partial charge < -0.3 is 9.26 Å². The van der Waals surface area contributed by atoms with Crippen LogP contribution >= 0.6 is 0 Å². The first-order chi connectivity index (χ1) is 11.0. The molecule has 0 radical (unpaired) electrons. The molecule has 7 nitrogen and oxygen atoms in total. The van der Waals surface area contributed by atoms with E-state index in [1.807, 2.05) is 18.2 Å². The summed E-state index contributed by atoms with van der Waals surface area (Å²) in [5.74, 6) is 1.33. The van der Waals surface area contributed by atoms with Gasteiger partial charge in [-0.3, -0.25) is 0 Å². The molecule has 23 heavy (non-hydrogen) atoms. The maximum Gasteiger partial charge on any atom is 0.260 e. The fraction of sp³-hybridized carbons (Fsp3) is 0.500. The minimum Gasteiger partial charge on any atom is -0.377 e. The van der Waals surface area contributed by atoms with Gasteiger partial charge in [-0.05, 0) is 24.0 Å². The Labute approximate surface area is 133 Å². The number of hydrogen-bond donors (Lipinski definition) is 1. The SMILES string of the molecule is CC(C)(C)[C@@H]1OCC[C@H]1c1noc(-c2cccc3n[nH]nc23)n1. The minimum absolute atomic E-state index is 0.0358. The van der Waals surface area contributed by atoms with Crippen LogP contribution in [0.5, 0.6) is 0 Å². The standard InChI is InChI=1S/C16H19N5O2/c1-16(2,3)13-10(7-8-22-13)14-17-15(23-20-14)9-5-4-6-11-12(9)19-21-18-11/h4-6,10,13H,7-8H2,1-3H3,(H,18,19,21)/t10-,13-/m1/s1. The molecule has 0 spiro atoms. The quantitative estimate of drug-likeness (QED) is 0.782. The Balaban J connectivity index is 1.71. The van der Waals surface area contributed by atoms with Gasteiger partial charge in [-0.15, -0.1) is 0 Å². The summed E-state index contributed by atoms with van der Waals surface area (Å²) in [6.07, 6.45) is 1.01. The lowest BCUT2D eigenvalue weighted by atomic mass is 9.81. The van der Waals surface area contributed by atoms with Crippen molar-refractivity contribution in [2.45, 2.75) is 39.2 Å². The number of nitrogens with zero attached hydrogens (tertiary/aromatic N) is 4. The van der Waals surface area contributed by atoms with Crippen molar-refractivity contribution in [3.8, 4) is 11.5 Å². The number of benzene rings is 1. The van der Waals surface area contributed by atoms with Crippen molar-refractivity contribution in [2.75, 3.05) is 6.61 Å². The molecule has 1 saturated heterocycles. The summed E-state index contributed by atoms with van der Waals surface area (Å²) in [5, 5.41) is 15.1. The predicted octanol–water partition coefficient (Wildman–Crippen LogP) is 2.93. The van der Waals surface area contributed by atoms with Crippen LogP contribution in [0.4, 0.5) is 0 Å². The third-order valence-electron chi connectivity index (χ3n) is 4.30. The van der Waals surface area contributed by atoms with Crippen molar-refractivity contribution in [3.63, 3.8) is 0 Å². The average Bonchev–Trinajstić information content (AvgIpc) is 3.24. The summed E-state index contributed by atoms with van der Waals surface area (Å²) >= 11 is 0. The van der Waals surface area contributed by atoms with Crippen molar-refractivity contribution in [1.82, 2.24) is 25.6 Å². The van der Waals surface area contributed by atoms with Gasteiger partial charge in [-0.25, -0.2) is 0 Å². The zero-order valence-corrected chi connectivity index (χ0v) is 13.4. The number of para-hydroxylation sites is 1. The molecule has 7 heteroatoms. The Bertz CT molecular complexity index is 832. The molecule has 1 aliphatic heterocycles. The van der Waals surface area contributed by atoms with Crippen molar-refractivity contribution >= 4 is 11.0 Å². The first-order valence-electron chi connectivity index (χ1n) is 7.79. The van der Waals surface area contributed by atoms with E-state index in [0.717, 1.165) is 29.6 Å². The molecule has 0 amide bonds. The Kier molecular flexibility index (Phi) is 3.19. The maximum atomic E-state index is 5.91. The van der Waals surface area contributed by atoms with Gasteiger partial charge in [-0.2, -0.15) is 20.4 Å². The van der Waals surface area contributed by atoms with E-state index in [-0.39, 0.29) is 17.4 Å². The second-order valence-electron chi connectivity index (χ2n) is 7.01. The van der Waals surface area contributed by atoms with E-state index in [0.29, 0.717) is 11.7 Å². The maximum absolute atomic E-state index is 5.91. The summed E-state index contributed by atoms with van der Waals surface area (Å²) in [7, 11) is 0. The fourth-order valence-corrected chi connectivity index (χ4v) is 3.24. The lowest BCUT2D eigenvalue weighted by molar-refractivity contribution is 0.0193. The topological polar surface area (TPSA) is 89.7 Å². The van der Waals surface area contributed by atoms with Crippen LogP contribution in [0, 0.1) is 5.41 Å². The second kappa shape index (κ2) is 5.13. The molecule has 1 aromatic carbocycles. The summed E-state index contributed by atoms with van der Waals surface area (Å²) in [6.45, 7) is 7.25. The molecular formula is C16H19N5O2. The monoisotopic (exact) mass is 313 g/mol. The van der Waals surface area contributed by atoms with Gasteiger partial charge in [0.25, 0.3) is 5.89 Å². The third kappa shape index (κ3) is 2.41. The first kappa shape index (κ1) is 14.3. The lowest BCUT2D eigenvalue weighted by Crippen LogP contribution is -2.30. The van der Waals surface area contributed by atoms with E-state index in [2.05, 4.69) is 46.3 Å². The number of hydrogen-bond acceptors (Lipinski definition) is 6. The van der Waals surface area contributed by atoms with Crippen LogP contribution in [-0.2, 0) is 4.74 Å². The van der Waals surface area contributed by atoms with E-state index in [4.69, 9.17) is 9.26 Å². The highest BCUT2D eigenvalue weighted by atomic mass is 16.5. The molecule has 4 rings (SSSR count). The summed E-state index contributed by atoms with van der Waals surface area (Å²) in [6, 6.07) is 5.70. The highest BCUT2D eigenvalue weighted by Crippen LogP contribution is 2.40. The number of nitrogens with one attached hydrogen (secondary N) is 1. The van der Waals surface area contributed by atoms with Crippen molar-refractivity contribution < 1.29 is 9.26 Å². The highest BCUT2D eigenvalue weighted by molar-refractivity contribution is 5.88. The number of rotatable bonds is 2. The van der Waals surface area contributed by atoms with E-state index in [9.17, 15) is 0 Å². The van der Waals surface area contributed by atoms with Crippen LogP contribution in [0.15, 0.2) is 22.7 Å². The van der Waals surface area contributed by atoms with Crippen LogP contribution < -0.4 is 0 Å². The molecule has 1 N–H and O–H groups in total. The van der Waals surface area contributed by atoms with Crippen molar-refractivity contribution in [3.05, 3.63) is 24.0 Å². The molecule has 0 unspecified atom stereocenters. The minimum atomic E-state index is 0.0358. The predicted molar refractivity (Wildman–Crippen MR) is 83.7 cm³/mol. The Morgan fingerprint density at radius 3 is 2.91 bits per heavy atom. The van der Waals surface area contributed by atoms with Gasteiger partial charge in [0.05, 0.1) is 17.6 Å². The Hall–Kier alpha value is -2.28. The normalized spacial score (nSPS) is 22.0. The smallest absolute Gasteiger partial charge is 0.260 e. The molecule has 0 saturated carbocycles. The zero-order valence-electron chi connectivity index (χ0n) is 13.4. The van der Waals surface area contributed by atoms with E-state index >= 15 is 0 Å². The lowest BCUT2D eigenvalue weighted by Gasteiger charge is -2.29. The van der Waals surface area contributed by atoms with E-state index in [1.54, 1.807) is 0 Å². The van der Waals surface area contributed by atoms with Crippen LogP contribution in [0.2, 0.25) is 0 Å². The Morgan fingerprint density at radius 1 is 1.22 bits per heavy atom. The molecule has 3 aromatic rings. The van der Waals surface area contributed by atoms with Gasteiger partial charge in [0, 0.05) is 6.61 Å². The molecular weight excluding hydrogens is 294 g/mol. The van der Waals surface area contributed by atoms with Crippen molar-refractivity contribution in [1.29, 1.82) is 0 Å². The van der Waals surface area contributed by atoms with Crippen LogP contribution in [0.1, 0.15) is 38.9 Å². The summed E-state index contributed by atoms with van der Waals surface area (Å²) in [4.78, 5) is 4.62. The summed E-state index contributed by atoms with van der Waals surface area (Å²) in [5.41, 5.74) is 2.34. The molecule has 120 valence electrons. The number of aromatic amines is 1. The van der Waals surface area contributed by atoms with Crippen molar-refractivity contribution in [2.24, 2.45) is 5.41 Å².